The molecule has 1 aromatic carbocycles. The Hall–Kier alpha value is -1.17. The number of benzene rings is 1. The summed E-state index contributed by atoms with van der Waals surface area (Å²) in [5.41, 5.74) is 5.85. The normalized spacial score (nSPS) is 23.5. The summed E-state index contributed by atoms with van der Waals surface area (Å²) in [4.78, 5) is 2.58. The van der Waals surface area contributed by atoms with E-state index in [-0.39, 0.29) is 0 Å². The van der Waals surface area contributed by atoms with Gasteiger partial charge in [-0.05, 0) is 25.5 Å². The van der Waals surface area contributed by atoms with Gasteiger partial charge in [0.25, 0.3) is 0 Å². The molecule has 0 aliphatic carbocycles. The van der Waals surface area contributed by atoms with E-state index >= 15 is 0 Å². The smallest absolute Gasteiger partial charge is 0.120 e. The van der Waals surface area contributed by atoms with Gasteiger partial charge in [0, 0.05) is 25.2 Å². The molecule has 0 radical (unpaired) electrons. The number of hydrogen-bond acceptors (Lipinski definition) is 4. The van der Waals surface area contributed by atoms with Gasteiger partial charge in [0.15, 0.2) is 0 Å². The molecular formula is C14H20N2O2S. The second-order valence-corrected chi connectivity index (χ2v) is 5.70. The van der Waals surface area contributed by atoms with E-state index in [9.17, 15) is 5.11 Å². The van der Waals surface area contributed by atoms with Gasteiger partial charge in [-0.3, -0.25) is 4.90 Å². The number of rotatable bonds is 5. The van der Waals surface area contributed by atoms with Crippen molar-refractivity contribution in [2.24, 2.45) is 5.73 Å². The Morgan fingerprint density at radius 1 is 1.58 bits per heavy atom. The van der Waals surface area contributed by atoms with Gasteiger partial charge < -0.3 is 15.6 Å². The number of likely N-dealkylation sites (tertiary alicyclic amines) is 1. The molecule has 0 bridgehead atoms. The molecule has 1 aliphatic heterocycles. The molecule has 1 unspecified atom stereocenters. The van der Waals surface area contributed by atoms with Crippen LogP contribution in [0.3, 0.4) is 0 Å². The van der Waals surface area contributed by atoms with E-state index < -0.39 is 5.60 Å². The Morgan fingerprint density at radius 3 is 3.00 bits per heavy atom. The van der Waals surface area contributed by atoms with Crippen LogP contribution in [0.1, 0.15) is 18.9 Å². The summed E-state index contributed by atoms with van der Waals surface area (Å²) >= 11 is 4.93. The van der Waals surface area contributed by atoms with Crippen molar-refractivity contribution in [3.63, 3.8) is 0 Å². The molecule has 0 aromatic heterocycles. The topological polar surface area (TPSA) is 58.7 Å². The van der Waals surface area contributed by atoms with E-state index in [1.807, 2.05) is 31.2 Å². The highest BCUT2D eigenvalue weighted by atomic mass is 32.1. The van der Waals surface area contributed by atoms with Gasteiger partial charge in [-0.25, -0.2) is 0 Å². The van der Waals surface area contributed by atoms with E-state index in [0.29, 0.717) is 18.1 Å². The molecule has 1 aromatic rings. The fraction of sp³-hybridized carbons (Fsp3) is 0.500. The third-order valence-electron chi connectivity index (χ3n) is 3.33. The molecule has 3 N–H and O–H groups in total. The summed E-state index contributed by atoms with van der Waals surface area (Å²) in [7, 11) is 0. The van der Waals surface area contributed by atoms with Crippen LogP contribution in [0.4, 0.5) is 0 Å². The highest BCUT2D eigenvalue weighted by Gasteiger charge is 2.30. The minimum atomic E-state index is -0.550. The zero-order valence-corrected chi connectivity index (χ0v) is 11.9. The number of β-amino-alcohol motifs (C(OH)–C–C–N with tert-alkyl or cyclic N) is 1. The number of nitrogens with zero attached hydrogens (tertiary/aromatic N) is 1. The zero-order chi connectivity index (χ0) is 13.9. The molecule has 19 heavy (non-hydrogen) atoms. The van der Waals surface area contributed by atoms with Crippen LogP contribution in [-0.2, 0) is 0 Å². The maximum absolute atomic E-state index is 9.87. The molecule has 2 rings (SSSR count). The van der Waals surface area contributed by atoms with Crippen molar-refractivity contribution < 1.29 is 9.84 Å². The lowest BCUT2D eigenvalue weighted by molar-refractivity contribution is 0.0670. The lowest BCUT2D eigenvalue weighted by atomic mass is 10.1. The standard InChI is InChI=1S/C14H20N2O2S/c1-14(17)5-6-16(10-14)7-8-18-12-4-2-3-11(9-12)13(15)19/h2-4,9,17H,5-8,10H2,1H3,(H2,15,19). The van der Waals surface area contributed by atoms with Gasteiger partial charge in [-0.15, -0.1) is 0 Å². The Kier molecular flexibility index (Phi) is 4.39. The fourth-order valence-corrected chi connectivity index (χ4v) is 2.39. The van der Waals surface area contributed by atoms with Crippen LogP contribution in [0.15, 0.2) is 24.3 Å². The van der Waals surface area contributed by atoms with Crippen molar-refractivity contribution in [3.8, 4) is 5.75 Å². The summed E-state index contributed by atoms with van der Waals surface area (Å²) < 4.78 is 5.69. The summed E-state index contributed by atoms with van der Waals surface area (Å²) in [6.45, 7) is 4.91. The fourth-order valence-electron chi connectivity index (χ4n) is 2.26. The Bertz CT molecular complexity index is 463. The Balaban J connectivity index is 1.80. The molecule has 5 heteroatoms. The first-order valence-corrected chi connectivity index (χ1v) is 6.84. The molecular weight excluding hydrogens is 260 g/mol. The van der Waals surface area contributed by atoms with Gasteiger partial charge in [0.05, 0.1) is 5.60 Å². The zero-order valence-electron chi connectivity index (χ0n) is 11.1. The monoisotopic (exact) mass is 280 g/mol. The van der Waals surface area contributed by atoms with Crippen LogP contribution < -0.4 is 10.5 Å². The second kappa shape index (κ2) is 5.86. The molecule has 1 atom stereocenters. The second-order valence-electron chi connectivity index (χ2n) is 5.26. The Morgan fingerprint density at radius 2 is 2.37 bits per heavy atom. The summed E-state index contributed by atoms with van der Waals surface area (Å²) in [6.07, 6.45) is 0.823. The van der Waals surface area contributed by atoms with Crippen LogP contribution >= 0.6 is 12.2 Å². The lowest BCUT2D eigenvalue weighted by Crippen LogP contribution is -2.32. The minimum Gasteiger partial charge on any atom is -0.492 e. The summed E-state index contributed by atoms with van der Waals surface area (Å²) in [5, 5.41) is 9.87. The maximum Gasteiger partial charge on any atom is 0.120 e. The third-order valence-corrected chi connectivity index (χ3v) is 3.56. The first kappa shape index (κ1) is 14.2. The average Bonchev–Trinajstić information content (AvgIpc) is 2.69. The molecule has 0 saturated carbocycles. The van der Waals surface area contributed by atoms with Gasteiger partial charge in [-0.1, -0.05) is 24.4 Å². The largest absolute Gasteiger partial charge is 0.492 e. The minimum absolute atomic E-state index is 0.376. The summed E-state index contributed by atoms with van der Waals surface area (Å²) in [6, 6.07) is 7.49. The quantitative estimate of drug-likeness (QED) is 0.793. The first-order chi connectivity index (χ1) is 8.96. The predicted molar refractivity (Wildman–Crippen MR) is 79.5 cm³/mol. The van der Waals surface area contributed by atoms with Crippen molar-refractivity contribution in [2.45, 2.75) is 18.9 Å². The van der Waals surface area contributed by atoms with Crippen molar-refractivity contribution >= 4 is 17.2 Å². The number of thiocarbonyl (C=S) groups is 1. The van der Waals surface area contributed by atoms with E-state index in [0.717, 1.165) is 30.8 Å². The highest BCUT2D eigenvalue weighted by molar-refractivity contribution is 7.80. The SMILES string of the molecule is CC1(O)CCN(CCOc2cccc(C(N)=S)c2)C1. The maximum atomic E-state index is 9.87. The van der Waals surface area contributed by atoms with Crippen molar-refractivity contribution in [3.05, 3.63) is 29.8 Å². The predicted octanol–water partition coefficient (Wildman–Crippen LogP) is 1.16. The first-order valence-electron chi connectivity index (χ1n) is 6.44. The summed E-state index contributed by atoms with van der Waals surface area (Å²) in [5.74, 6) is 0.774. The van der Waals surface area contributed by atoms with E-state index in [4.69, 9.17) is 22.7 Å². The van der Waals surface area contributed by atoms with Crippen molar-refractivity contribution in [1.82, 2.24) is 4.90 Å². The molecule has 104 valence electrons. The number of nitrogens with two attached hydrogens (primary N) is 1. The van der Waals surface area contributed by atoms with E-state index in [1.54, 1.807) is 0 Å². The molecule has 1 aliphatic rings. The number of ether oxygens (including phenoxy) is 1. The molecule has 1 fully saturated rings. The molecule has 1 saturated heterocycles. The average molecular weight is 280 g/mol. The molecule has 0 spiro atoms. The number of aliphatic hydroxyl groups is 1. The van der Waals surface area contributed by atoms with Gasteiger partial charge in [-0.2, -0.15) is 0 Å². The van der Waals surface area contributed by atoms with E-state index in [1.165, 1.54) is 0 Å². The Labute approximate surface area is 119 Å². The van der Waals surface area contributed by atoms with Gasteiger partial charge in [0.2, 0.25) is 0 Å². The van der Waals surface area contributed by atoms with Crippen LogP contribution in [0, 0.1) is 0 Å². The van der Waals surface area contributed by atoms with Crippen molar-refractivity contribution in [2.75, 3.05) is 26.2 Å². The number of hydrogen-bond donors (Lipinski definition) is 2. The van der Waals surface area contributed by atoms with E-state index in [2.05, 4.69) is 4.90 Å². The van der Waals surface area contributed by atoms with Crippen LogP contribution in [0.2, 0.25) is 0 Å². The highest BCUT2D eigenvalue weighted by Crippen LogP contribution is 2.20. The van der Waals surface area contributed by atoms with Gasteiger partial charge >= 0.3 is 0 Å². The molecule has 1 heterocycles. The molecule has 4 nitrogen and oxygen atoms in total. The lowest BCUT2D eigenvalue weighted by Gasteiger charge is -2.18. The van der Waals surface area contributed by atoms with Crippen LogP contribution in [-0.4, -0.2) is 46.8 Å². The van der Waals surface area contributed by atoms with Gasteiger partial charge in [0.1, 0.15) is 17.3 Å². The van der Waals surface area contributed by atoms with Crippen molar-refractivity contribution in [1.29, 1.82) is 0 Å². The van der Waals surface area contributed by atoms with Crippen LogP contribution in [0.5, 0.6) is 5.75 Å². The van der Waals surface area contributed by atoms with Crippen LogP contribution in [0.25, 0.3) is 0 Å². The molecule has 0 amide bonds. The third kappa shape index (κ3) is 4.16.